The molecule has 3 heterocycles. The standard InChI is InChI=1S/C23H30BrNO3.C23H30ClNO3.C23H30N2O5/c2*1-16-13-21(26)19(23(27)25-16)14-18-10-11-22(20(24)15-18)28-12-6-5-9-17-7-3-2-4-8-17;1-16-13-21(26)19(23(27)24-16)14-18-10-11-22(20(15-18)25(28)29)30-12-6-5-9-17-7-3-2-4-8-17/h2*10-11,15,17,19H,1-9,12-14H2,(H,25,27);10-11,15,17,19H,1-9,12-14H2,(H,24,27). The van der Waals surface area contributed by atoms with Gasteiger partial charge in [0.1, 0.15) is 29.3 Å². The fraction of sp³-hybridized carbons (Fsp3) is 0.565. The summed E-state index contributed by atoms with van der Waals surface area (Å²) in [6.45, 7) is 12.8. The van der Waals surface area contributed by atoms with Gasteiger partial charge in [-0.15, -0.1) is 0 Å². The smallest absolute Gasteiger partial charge is 0.311 e. The van der Waals surface area contributed by atoms with Crippen LogP contribution in [-0.2, 0) is 48.0 Å². The lowest BCUT2D eigenvalue weighted by Crippen LogP contribution is -2.41. The Morgan fingerprint density at radius 2 is 0.814 bits per heavy atom. The SMILES string of the molecule is C=C1CC(=O)C(Cc2ccc(OCCCCC3CCCCC3)c(Br)c2)C(=O)N1.C=C1CC(=O)C(Cc2ccc(OCCCCC3CCCCC3)c(Cl)c2)C(=O)N1.C=C1CC(=O)C(Cc2ccc(OCCCCC3CCCCC3)c([N+](=O)[O-])c2)C(=O)N1. The first kappa shape index (κ1) is 67.4. The number of halogens is 2. The van der Waals surface area contributed by atoms with E-state index >= 15 is 0 Å². The van der Waals surface area contributed by atoms with Gasteiger partial charge in [0.2, 0.25) is 17.7 Å². The van der Waals surface area contributed by atoms with Gasteiger partial charge in [0.15, 0.2) is 23.1 Å². The molecule has 3 aliphatic carbocycles. The number of carbonyl (C=O) groups excluding carboxylic acids is 6. The van der Waals surface area contributed by atoms with Crippen molar-refractivity contribution in [1.29, 1.82) is 0 Å². The molecule has 0 bridgehead atoms. The molecule has 3 aliphatic heterocycles. The van der Waals surface area contributed by atoms with Crippen LogP contribution in [0.4, 0.5) is 5.69 Å². The van der Waals surface area contributed by atoms with Crippen molar-refractivity contribution in [2.45, 2.75) is 193 Å². The molecule has 0 radical (unpaired) electrons. The zero-order valence-corrected chi connectivity index (χ0v) is 52.7. The number of amides is 3. The summed E-state index contributed by atoms with van der Waals surface area (Å²) < 4.78 is 18.3. The number of allylic oxidation sites excluding steroid dienone is 3. The zero-order valence-electron chi connectivity index (χ0n) is 50.3. The summed E-state index contributed by atoms with van der Waals surface area (Å²) >= 11 is 9.91. The normalized spacial score (nSPS) is 20.6. The molecule has 3 saturated carbocycles. The van der Waals surface area contributed by atoms with Crippen molar-refractivity contribution < 1.29 is 47.9 Å². The van der Waals surface area contributed by atoms with Crippen LogP contribution >= 0.6 is 27.5 Å². The number of piperidine rings is 3. The molecule has 0 aromatic heterocycles. The van der Waals surface area contributed by atoms with Crippen LogP contribution in [0.2, 0.25) is 5.02 Å². The van der Waals surface area contributed by atoms with Crippen LogP contribution < -0.4 is 30.2 Å². The monoisotopic (exact) mass is 1260 g/mol. The molecule has 3 saturated heterocycles. The maximum absolute atomic E-state index is 12.1. The fourth-order valence-corrected chi connectivity index (χ4v) is 13.6. The molecule has 6 fully saturated rings. The van der Waals surface area contributed by atoms with Crippen molar-refractivity contribution in [3.63, 3.8) is 0 Å². The summed E-state index contributed by atoms with van der Waals surface area (Å²) in [5.74, 6) is 0.895. The van der Waals surface area contributed by atoms with E-state index in [4.69, 9.17) is 25.8 Å². The number of unbranched alkanes of at least 4 members (excludes halogenated alkanes) is 3. The fourth-order valence-electron chi connectivity index (χ4n) is 12.8. The second-order valence-electron chi connectivity index (χ2n) is 24.6. The van der Waals surface area contributed by atoms with Gasteiger partial charge < -0.3 is 30.2 Å². The molecule has 3 unspecified atom stereocenters. The van der Waals surface area contributed by atoms with E-state index in [-0.39, 0.29) is 66.3 Å². The number of nitrogens with zero attached hydrogens (tertiary/aromatic N) is 1. The maximum atomic E-state index is 12.1. The van der Waals surface area contributed by atoms with Gasteiger partial charge in [0.25, 0.3) is 0 Å². The molecule has 466 valence electrons. The molecule has 6 aliphatic rings. The highest BCUT2D eigenvalue weighted by atomic mass is 79.9. The summed E-state index contributed by atoms with van der Waals surface area (Å²) in [5, 5.41) is 19.9. The number of Topliss-reactive ketones (excluding diaryl/α,β-unsaturated/α-hetero) is 3. The van der Waals surface area contributed by atoms with Crippen molar-refractivity contribution in [1.82, 2.24) is 16.0 Å². The average Bonchev–Trinajstić information content (AvgIpc) is 2.83. The van der Waals surface area contributed by atoms with Crippen LogP contribution in [0, 0.1) is 45.6 Å². The highest BCUT2D eigenvalue weighted by Gasteiger charge is 2.35. The lowest BCUT2D eigenvalue weighted by molar-refractivity contribution is -0.385. The third-order valence-corrected chi connectivity index (χ3v) is 18.6. The number of hydrogen-bond acceptors (Lipinski definition) is 11. The van der Waals surface area contributed by atoms with Crippen molar-refractivity contribution in [2.75, 3.05) is 19.8 Å². The van der Waals surface area contributed by atoms with Gasteiger partial charge >= 0.3 is 5.69 Å². The first-order valence-electron chi connectivity index (χ1n) is 31.8. The van der Waals surface area contributed by atoms with Gasteiger partial charge in [-0.05, 0) is 138 Å². The predicted octanol–water partition coefficient (Wildman–Crippen LogP) is 15.1. The Morgan fingerprint density at radius 1 is 0.477 bits per heavy atom. The Morgan fingerprint density at radius 3 is 1.17 bits per heavy atom. The van der Waals surface area contributed by atoms with Crippen molar-refractivity contribution in [2.24, 2.45) is 35.5 Å². The Bertz CT molecular complexity index is 2690. The minimum atomic E-state index is -0.846. The van der Waals surface area contributed by atoms with Crippen LogP contribution in [0.5, 0.6) is 17.2 Å². The summed E-state index contributed by atoms with van der Waals surface area (Å²) in [6.07, 6.45) is 32.4. The van der Waals surface area contributed by atoms with E-state index in [1.807, 2.05) is 30.3 Å². The molecule has 0 spiro atoms. The second kappa shape index (κ2) is 35.0. The van der Waals surface area contributed by atoms with Crippen LogP contribution in [0.3, 0.4) is 0 Å². The minimum absolute atomic E-state index is 0.0665. The predicted molar refractivity (Wildman–Crippen MR) is 339 cm³/mol. The molecule has 15 nitrogen and oxygen atoms in total. The van der Waals surface area contributed by atoms with E-state index < -0.39 is 28.6 Å². The highest BCUT2D eigenvalue weighted by Crippen LogP contribution is 2.35. The maximum Gasteiger partial charge on any atom is 0.311 e. The minimum Gasteiger partial charge on any atom is -0.492 e. The molecule has 3 aromatic rings. The van der Waals surface area contributed by atoms with Crippen molar-refractivity contribution >= 4 is 68.3 Å². The van der Waals surface area contributed by atoms with E-state index in [9.17, 15) is 38.9 Å². The number of hydrogen-bond donors (Lipinski definition) is 3. The summed E-state index contributed by atoms with van der Waals surface area (Å²) in [4.78, 5) is 83.6. The number of ether oxygens (including phenoxy) is 3. The van der Waals surface area contributed by atoms with Gasteiger partial charge in [-0.1, -0.05) is 165 Å². The van der Waals surface area contributed by atoms with E-state index in [1.165, 1.54) is 134 Å². The Kier molecular flexibility index (Phi) is 27.4. The first-order valence-corrected chi connectivity index (χ1v) is 32.9. The van der Waals surface area contributed by atoms with Crippen molar-refractivity contribution in [3.05, 3.63) is 128 Å². The molecule has 3 amide bonds. The first-order chi connectivity index (χ1) is 41.5. The average molecular weight is 1270 g/mol. The van der Waals surface area contributed by atoms with Gasteiger partial charge in [-0.25, -0.2) is 0 Å². The third-order valence-electron chi connectivity index (χ3n) is 17.7. The molecule has 3 N–H and O–H groups in total. The molecule has 3 atom stereocenters. The topological polar surface area (TPSA) is 209 Å². The number of nitro groups is 1. The molecular formula is C69H90BrClN4O11. The third kappa shape index (κ3) is 21.9. The number of rotatable bonds is 25. The molecule has 86 heavy (non-hydrogen) atoms. The summed E-state index contributed by atoms with van der Waals surface area (Å²) in [7, 11) is 0. The van der Waals surface area contributed by atoms with Crippen LogP contribution in [0.1, 0.15) is 190 Å². The molecule has 17 heteroatoms. The van der Waals surface area contributed by atoms with Gasteiger partial charge in [-0.3, -0.25) is 38.9 Å². The summed E-state index contributed by atoms with van der Waals surface area (Å²) in [5.41, 5.74) is 3.57. The van der Waals surface area contributed by atoms with Gasteiger partial charge in [-0.2, -0.15) is 0 Å². The van der Waals surface area contributed by atoms with E-state index in [0.29, 0.717) is 59.5 Å². The van der Waals surface area contributed by atoms with Gasteiger partial charge in [0, 0.05) is 42.4 Å². The molecule has 9 rings (SSSR count). The van der Waals surface area contributed by atoms with E-state index in [2.05, 4.69) is 51.6 Å². The van der Waals surface area contributed by atoms with E-state index in [1.54, 1.807) is 18.2 Å². The Balaban J connectivity index is 0.000000185. The van der Waals surface area contributed by atoms with Crippen LogP contribution in [0.15, 0.2) is 95.9 Å². The Hall–Kier alpha value is -6.13. The lowest BCUT2D eigenvalue weighted by Gasteiger charge is -2.22. The van der Waals surface area contributed by atoms with Gasteiger partial charge in [0.05, 0.1) is 34.2 Å². The lowest BCUT2D eigenvalue weighted by atomic mass is 9.86. The quantitative estimate of drug-likeness (QED) is 0.0314. The number of carbonyl (C=O) groups is 6. The number of benzene rings is 3. The van der Waals surface area contributed by atoms with Crippen molar-refractivity contribution in [3.8, 4) is 17.2 Å². The highest BCUT2D eigenvalue weighted by molar-refractivity contribution is 9.10. The second-order valence-corrected chi connectivity index (χ2v) is 25.9. The number of ketones is 3. The largest absolute Gasteiger partial charge is 0.492 e. The zero-order chi connectivity index (χ0) is 61.4. The van der Waals surface area contributed by atoms with E-state index in [0.717, 1.165) is 71.4 Å². The Labute approximate surface area is 522 Å². The number of nitro benzene ring substituents is 1. The molecular weight excluding hydrogens is 1180 g/mol. The van der Waals surface area contributed by atoms with Crippen LogP contribution in [0.25, 0.3) is 0 Å². The van der Waals surface area contributed by atoms with Crippen LogP contribution in [-0.4, -0.2) is 59.8 Å². The number of nitrogens with one attached hydrogen (secondary N) is 3. The molecule has 3 aromatic carbocycles. The summed E-state index contributed by atoms with van der Waals surface area (Å²) in [6, 6.07) is 16.0.